The molecule has 1 aromatic heterocycles. The summed E-state index contributed by atoms with van der Waals surface area (Å²) in [6, 6.07) is 6.81. The minimum absolute atomic E-state index is 0.0694. The topological polar surface area (TPSA) is 96.1 Å². The zero-order chi connectivity index (χ0) is 11.7. The lowest BCUT2D eigenvalue weighted by molar-refractivity contribution is -0.825. The molecule has 0 aliphatic heterocycles. The summed E-state index contributed by atoms with van der Waals surface area (Å²) in [5.41, 5.74) is 1.40. The number of benzene rings is 1. The standard InChI is InChI=1S/C9H7N3O4/c1-6-2-4-7(5-3-6)8-9(11(13)14)12(15)16-10-8/h2-5H,1H3. The number of aryl methyl sites for hydroxylation is 1. The Morgan fingerprint density at radius 3 is 2.56 bits per heavy atom. The second kappa shape index (κ2) is 3.61. The summed E-state index contributed by atoms with van der Waals surface area (Å²) < 4.78 is 4.21. The van der Waals surface area contributed by atoms with Crippen LogP contribution in [0.4, 0.5) is 5.82 Å². The van der Waals surface area contributed by atoms with E-state index in [4.69, 9.17) is 0 Å². The molecule has 0 saturated heterocycles. The van der Waals surface area contributed by atoms with Gasteiger partial charge in [-0.25, -0.2) is 0 Å². The molecule has 0 aliphatic carbocycles. The van der Waals surface area contributed by atoms with Gasteiger partial charge in [0.25, 0.3) is 0 Å². The van der Waals surface area contributed by atoms with Gasteiger partial charge < -0.3 is 15.3 Å². The van der Waals surface area contributed by atoms with Crippen molar-refractivity contribution < 1.29 is 14.5 Å². The Labute approximate surface area is 89.6 Å². The molecule has 2 aromatic rings. The Hall–Kier alpha value is -2.44. The van der Waals surface area contributed by atoms with Gasteiger partial charge in [0, 0.05) is 10.5 Å². The molecule has 0 N–H and O–H groups in total. The van der Waals surface area contributed by atoms with Crippen molar-refractivity contribution in [2.75, 3.05) is 0 Å². The Balaban J connectivity index is 2.56. The highest BCUT2D eigenvalue weighted by molar-refractivity contribution is 5.64. The summed E-state index contributed by atoms with van der Waals surface area (Å²) in [5, 5.41) is 25.0. The van der Waals surface area contributed by atoms with E-state index in [1.165, 1.54) is 0 Å². The molecule has 0 atom stereocenters. The predicted octanol–water partition coefficient (Wildman–Crippen LogP) is 1.19. The van der Waals surface area contributed by atoms with Crippen LogP contribution in [0.2, 0.25) is 0 Å². The molecule has 0 fully saturated rings. The van der Waals surface area contributed by atoms with Crippen LogP contribution in [0.15, 0.2) is 28.9 Å². The van der Waals surface area contributed by atoms with Crippen LogP contribution < -0.4 is 4.90 Å². The highest BCUT2D eigenvalue weighted by Gasteiger charge is 2.32. The Morgan fingerprint density at radius 1 is 1.38 bits per heavy atom. The molecule has 0 spiro atoms. The van der Waals surface area contributed by atoms with Crippen molar-refractivity contribution in [2.24, 2.45) is 0 Å². The van der Waals surface area contributed by atoms with E-state index in [1.54, 1.807) is 24.3 Å². The molecule has 82 valence electrons. The van der Waals surface area contributed by atoms with Crippen molar-refractivity contribution in [3.8, 4) is 11.3 Å². The number of nitro groups is 1. The minimum atomic E-state index is -0.821. The van der Waals surface area contributed by atoms with Gasteiger partial charge in [-0.15, -0.1) is 0 Å². The molecular formula is C9H7N3O4. The van der Waals surface area contributed by atoms with E-state index in [0.29, 0.717) is 5.56 Å². The van der Waals surface area contributed by atoms with Gasteiger partial charge in [0.2, 0.25) is 0 Å². The molecular weight excluding hydrogens is 214 g/mol. The molecule has 0 unspecified atom stereocenters. The molecule has 0 amide bonds. The largest absolute Gasteiger partial charge is 0.495 e. The maximum Gasteiger partial charge on any atom is 0.495 e. The molecule has 7 heteroatoms. The SMILES string of the molecule is Cc1ccc(-c2no[n+]([O-])c2[N+](=O)[O-])cc1. The van der Waals surface area contributed by atoms with Crippen LogP contribution in [-0.2, 0) is 0 Å². The first kappa shape index (κ1) is 10.1. The zero-order valence-corrected chi connectivity index (χ0v) is 8.28. The number of aromatic nitrogens is 2. The summed E-state index contributed by atoms with van der Waals surface area (Å²) in [6.45, 7) is 1.88. The monoisotopic (exact) mass is 221 g/mol. The lowest BCUT2D eigenvalue weighted by Crippen LogP contribution is -2.26. The van der Waals surface area contributed by atoms with E-state index < -0.39 is 10.7 Å². The van der Waals surface area contributed by atoms with Gasteiger partial charge in [-0.3, -0.25) is 0 Å². The van der Waals surface area contributed by atoms with E-state index in [9.17, 15) is 15.3 Å². The fourth-order valence-electron chi connectivity index (χ4n) is 1.29. The van der Waals surface area contributed by atoms with Crippen LogP contribution >= 0.6 is 0 Å². The Bertz CT molecular complexity index is 532. The first-order chi connectivity index (χ1) is 7.59. The van der Waals surface area contributed by atoms with Crippen molar-refractivity contribution in [1.29, 1.82) is 0 Å². The summed E-state index contributed by atoms with van der Waals surface area (Å²) in [6.07, 6.45) is 0. The Kier molecular flexibility index (Phi) is 2.28. The number of hydrogen-bond acceptors (Lipinski definition) is 5. The predicted molar refractivity (Wildman–Crippen MR) is 52.3 cm³/mol. The van der Waals surface area contributed by atoms with Gasteiger partial charge in [0.1, 0.15) is 5.16 Å². The maximum absolute atomic E-state index is 11.0. The summed E-state index contributed by atoms with van der Waals surface area (Å²) >= 11 is 0. The van der Waals surface area contributed by atoms with Crippen molar-refractivity contribution in [2.45, 2.75) is 6.92 Å². The van der Waals surface area contributed by atoms with Crippen molar-refractivity contribution in [1.82, 2.24) is 5.16 Å². The molecule has 2 rings (SSSR count). The lowest BCUT2D eigenvalue weighted by atomic mass is 10.1. The van der Waals surface area contributed by atoms with Gasteiger partial charge in [0.15, 0.2) is 0 Å². The van der Waals surface area contributed by atoms with Crippen LogP contribution in [0.1, 0.15) is 5.56 Å². The second-order valence-electron chi connectivity index (χ2n) is 3.23. The summed E-state index contributed by atoms with van der Waals surface area (Å²) in [7, 11) is 0. The van der Waals surface area contributed by atoms with E-state index in [0.717, 1.165) is 5.56 Å². The molecule has 0 radical (unpaired) electrons. The summed E-state index contributed by atoms with van der Waals surface area (Å²) in [4.78, 5) is 9.59. The molecule has 0 saturated carbocycles. The van der Waals surface area contributed by atoms with Crippen LogP contribution in [0, 0.1) is 22.2 Å². The second-order valence-corrected chi connectivity index (χ2v) is 3.23. The fraction of sp³-hybridized carbons (Fsp3) is 0.111. The normalized spacial score (nSPS) is 10.3. The number of nitrogens with zero attached hydrogens (tertiary/aromatic N) is 3. The van der Waals surface area contributed by atoms with Gasteiger partial charge in [-0.1, -0.05) is 17.7 Å². The first-order valence-corrected chi connectivity index (χ1v) is 4.41. The van der Waals surface area contributed by atoms with E-state index in [-0.39, 0.29) is 10.6 Å². The van der Waals surface area contributed by atoms with Crippen molar-refractivity contribution in [3.63, 3.8) is 0 Å². The van der Waals surface area contributed by atoms with Crippen molar-refractivity contribution in [3.05, 3.63) is 45.2 Å². The van der Waals surface area contributed by atoms with Crippen LogP contribution in [0.5, 0.6) is 0 Å². The summed E-state index contributed by atoms with van der Waals surface area (Å²) in [5.74, 6) is -0.705. The van der Waals surface area contributed by atoms with Crippen LogP contribution in [0.3, 0.4) is 0 Å². The minimum Gasteiger partial charge on any atom is -0.323 e. The fourth-order valence-corrected chi connectivity index (χ4v) is 1.29. The third kappa shape index (κ3) is 1.58. The van der Waals surface area contributed by atoms with Gasteiger partial charge >= 0.3 is 11.5 Å². The van der Waals surface area contributed by atoms with E-state index in [2.05, 4.69) is 9.79 Å². The first-order valence-electron chi connectivity index (χ1n) is 4.41. The molecule has 1 aromatic carbocycles. The average Bonchev–Trinajstić information content (AvgIpc) is 2.61. The highest BCUT2D eigenvalue weighted by Crippen LogP contribution is 2.24. The molecule has 1 heterocycles. The molecule has 0 bridgehead atoms. The smallest absolute Gasteiger partial charge is 0.323 e. The maximum atomic E-state index is 11.0. The lowest BCUT2D eigenvalue weighted by Gasteiger charge is -1.93. The molecule has 0 aliphatic rings. The number of hydrogen-bond donors (Lipinski definition) is 0. The van der Waals surface area contributed by atoms with Gasteiger partial charge in [-0.05, 0) is 19.1 Å². The van der Waals surface area contributed by atoms with Gasteiger partial charge in [-0.2, -0.15) is 4.63 Å². The average molecular weight is 221 g/mol. The molecule has 16 heavy (non-hydrogen) atoms. The van der Waals surface area contributed by atoms with E-state index >= 15 is 0 Å². The quantitative estimate of drug-likeness (QED) is 0.431. The zero-order valence-electron chi connectivity index (χ0n) is 8.28. The van der Waals surface area contributed by atoms with Crippen molar-refractivity contribution >= 4 is 5.82 Å². The van der Waals surface area contributed by atoms with Crippen LogP contribution in [-0.4, -0.2) is 10.1 Å². The third-order valence-corrected chi connectivity index (χ3v) is 2.09. The van der Waals surface area contributed by atoms with Crippen LogP contribution in [0.25, 0.3) is 11.3 Å². The Morgan fingerprint density at radius 2 is 2.00 bits per heavy atom. The molecule has 7 nitrogen and oxygen atoms in total. The van der Waals surface area contributed by atoms with Gasteiger partial charge in [0.05, 0.1) is 4.90 Å². The third-order valence-electron chi connectivity index (χ3n) is 2.09. The van der Waals surface area contributed by atoms with E-state index in [1.807, 2.05) is 6.92 Å². The number of rotatable bonds is 2. The highest BCUT2D eigenvalue weighted by atomic mass is 16.8.